The molecule has 0 aromatic rings. The van der Waals surface area contributed by atoms with E-state index in [4.69, 9.17) is 5.73 Å². The van der Waals surface area contributed by atoms with Crippen LogP contribution < -0.4 is 5.73 Å². The summed E-state index contributed by atoms with van der Waals surface area (Å²) >= 11 is 0. The average molecular weight is 153 g/mol. The maximum atomic E-state index is 5.45. The van der Waals surface area contributed by atoms with Crippen LogP contribution in [-0.4, -0.2) is 6.54 Å². The molecule has 0 saturated carbocycles. The molecule has 1 atom stereocenters. The van der Waals surface area contributed by atoms with Gasteiger partial charge < -0.3 is 5.73 Å². The van der Waals surface area contributed by atoms with E-state index in [1.165, 1.54) is 0 Å². The average Bonchev–Trinajstić information content (AvgIpc) is 1.85. The number of nitrogens with two attached hydrogens (primary N) is 1. The van der Waals surface area contributed by atoms with Gasteiger partial charge in [-0.05, 0) is 33.2 Å². The van der Waals surface area contributed by atoms with E-state index in [0.717, 1.165) is 13.0 Å². The Kier molecular flexibility index (Phi) is 4.22. The highest BCUT2D eigenvalue weighted by atomic mass is 14.5. The fourth-order valence-corrected chi connectivity index (χ4v) is 0.574. The van der Waals surface area contributed by atoms with E-state index >= 15 is 0 Å². The summed E-state index contributed by atoms with van der Waals surface area (Å²) in [6.45, 7) is 9.21. The smallest absolute Gasteiger partial charge is 0.0230 e. The molecule has 0 aliphatic rings. The second-order valence-corrected chi connectivity index (χ2v) is 4.10. The zero-order chi connectivity index (χ0) is 8.91. The Morgan fingerprint density at radius 3 is 2.27 bits per heavy atom. The summed E-state index contributed by atoms with van der Waals surface area (Å²) in [5, 5.41) is 0. The van der Waals surface area contributed by atoms with Gasteiger partial charge >= 0.3 is 0 Å². The first-order valence-electron chi connectivity index (χ1n) is 4.16. The first-order valence-corrected chi connectivity index (χ1v) is 4.16. The van der Waals surface area contributed by atoms with Crippen molar-refractivity contribution in [1.82, 2.24) is 0 Å². The molecular formula is C10H19N. The van der Waals surface area contributed by atoms with Crippen LogP contribution >= 0.6 is 0 Å². The van der Waals surface area contributed by atoms with E-state index in [1.54, 1.807) is 0 Å². The maximum absolute atomic E-state index is 5.45. The molecule has 0 aromatic heterocycles. The fraction of sp³-hybridized carbons (Fsp3) is 0.800. The van der Waals surface area contributed by atoms with E-state index in [1.807, 2.05) is 0 Å². The molecule has 0 rings (SSSR count). The minimum absolute atomic E-state index is 0.133. The first kappa shape index (κ1) is 10.5. The monoisotopic (exact) mass is 153 g/mol. The van der Waals surface area contributed by atoms with Crippen LogP contribution in [0.2, 0.25) is 0 Å². The quantitative estimate of drug-likeness (QED) is 0.603. The molecule has 0 heterocycles. The molecule has 64 valence electrons. The fourth-order valence-electron chi connectivity index (χ4n) is 0.574. The van der Waals surface area contributed by atoms with Crippen LogP contribution in [0.15, 0.2) is 0 Å². The molecule has 0 radical (unpaired) electrons. The van der Waals surface area contributed by atoms with E-state index < -0.39 is 0 Å². The zero-order valence-corrected chi connectivity index (χ0v) is 8.07. The summed E-state index contributed by atoms with van der Waals surface area (Å²) in [7, 11) is 0. The molecule has 0 aliphatic carbocycles. The van der Waals surface area contributed by atoms with Crippen LogP contribution in [0.5, 0.6) is 0 Å². The van der Waals surface area contributed by atoms with E-state index in [0.29, 0.717) is 5.92 Å². The Labute approximate surface area is 70.4 Å². The molecule has 1 unspecified atom stereocenters. The van der Waals surface area contributed by atoms with Crippen molar-refractivity contribution in [1.29, 1.82) is 0 Å². The van der Waals surface area contributed by atoms with Gasteiger partial charge in [0.25, 0.3) is 0 Å². The topological polar surface area (TPSA) is 26.0 Å². The Balaban J connectivity index is 3.73. The van der Waals surface area contributed by atoms with Gasteiger partial charge in [0, 0.05) is 11.8 Å². The molecule has 0 fully saturated rings. The molecule has 11 heavy (non-hydrogen) atoms. The van der Waals surface area contributed by atoms with Gasteiger partial charge in [-0.3, -0.25) is 0 Å². The van der Waals surface area contributed by atoms with E-state index in [9.17, 15) is 0 Å². The van der Waals surface area contributed by atoms with Crippen LogP contribution in [0.4, 0.5) is 0 Å². The summed E-state index contributed by atoms with van der Waals surface area (Å²) in [6.07, 6.45) is 0.924. The van der Waals surface area contributed by atoms with Crippen molar-refractivity contribution in [3.8, 4) is 11.8 Å². The van der Waals surface area contributed by atoms with Crippen molar-refractivity contribution in [2.45, 2.75) is 34.1 Å². The van der Waals surface area contributed by atoms with Gasteiger partial charge in [0.1, 0.15) is 0 Å². The molecular weight excluding hydrogens is 134 g/mol. The molecule has 2 N–H and O–H groups in total. The lowest BCUT2D eigenvalue weighted by Gasteiger charge is -2.07. The van der Waals surface area contributed by atoms with E-state index in [2.05, 4.69) is 39.5 Å². The van der Waals surface area contributed by atoms with Crippen molar-refractivity contribution in [3.05, 3.63) is 0 Å². The summed E-state index contributed by atoms with van der Waals surface area (Å²) in [6, 6.07) is 0. The lowest BCUT2D eigenvalue weighted by molar-refractivity contribution is 0.565. The van der Waals surface area contributed by atoms with E-state index in [-0.39, 0.29) is 5.41 Å². The lowest BCUT2D eigenvalue weighted by Crippen LogP contribution is -2.09. The molecule has 0 spiro atoms. The van der Waals surface area contributed by atoms with Crippen LogP contribution in [-0.2, 0) is 0 Å². The van der Waals surface area contributed by atoms with Crippen LogP contribution in [0.25, 0.3) is 0 Å². The second kappa shape index (κ2) is 4.41. The maximum Gasteiger partial charge on any atom is 0.0230 e. The molecule has 0 aliphatic heterocycles. The summed E-state index contributed by atoms with van der Waals surface area (Å²) in [5.74, 6) is 6.86. The van der Waals surface area contributed by atoms with Crippen LogP contribution in [0.3, 0.4) is 0 Å². The standard InChI is InChI=1S/C10H19N/c1-9(8-11)6-5-7-10(2,3)4/h9H,6,8,11H2,1-4H3. The third-order valence-electron chi connectivity index (χ3n) is 1.32. The van der Waals surface area contributed by atoms with Gasteiger partial charge in [-0.25, -0.2) is 0 Å². The van der Waals surface area contributed by atoms with Crippen molar-refractivity contribution < 1.29 is 0 Å². The summed E-state index contributed by atoms with van der Waals surface area (Å²) in [5.41, 5.74) is 5.59. The first-order chi connectivity index (χ1) is 4.95. The van der Waals surface area contributed by atoms with Crippen molar-refractivity contribution in [2.75, 3.05) is 6.54 Å². The van der Waals surface area contributed by atoms with Crippen LogP contribution in [0, 0.1) is 23.2 Å². The van der Waals surface area contributed by atoms with Gasteiger partial charge in [-0.15, -0.1) is 5.92 Å². The molecule has 0 bridgehead atoms. The highest BCUT2D eigenvalue weighted by Gasteiger charge is 2.03. The van der Waals surface area contributed by atoms with Gasteiger partial charge in [-0.1, -0.05) is 12.8 Å². The van der Waals surface area contributed by atoms with Gasteiger partial charge in [-0.2, -0.15) is 0 Å². The SMILES string of the molecule is CC(CN)CC#CC(C)(C)C. The largest absolute Gasteiger partial charge is 0.330 e. The molecule has 0 amide bonds. The molecule has 1 heteroatoms. The lowest BCUT2D eigenvalue weighted by atomic mass is 9.97. The Hall–Kier alpha value is -0.480. The third-order valence-corrected chi connectivity index (χ3v) is 1.32. The summed E-state index contributed by atoms with van der Waals surface area (Å²) < 4.78 is 0. The second-order valence-electron chi connectivity index (χ2n) is 4.10. The number of hydrogen-bond acceptors (Lipinski definition) is 1. The normalized spacial score (nSPS) is 13.5. The molecule has 1 nitrogen and oxygen atoms in total. The predicted molar refractivity (Wildman–Crippen MR) is 50.1 cm³/mol. The van der Waals surface area contributed by atoms with Crippen molar-refractivity contribution in [3.63, 3.8) is 0 Å². The predicted octanol–water partition coefficient (Wildman–Crippen LogP) is 2.02. The minimum Gasteiger partial charge on any atom is -0.330 e. The minimum atomic E-state index is 0.133. The highest BCUT2D eigenvalue weighted by molar-refractivity contribution is 5.07. The van der Waals surface area contributed by atoms with Gasteiger partial charge in [0.2, 0.25) is 0 Å². The van der Waals surface area contributed by atoms with Crippen molar-refractivity contribution >= 4 is 0 Å². The van der Waals surface area contributed by atoms with Gasteiger partial charge in [0.05, 0.1) is 0 Å². The number of rotatable bonds is 2. The Morgan fingerprint density at radius 1 is 1.36 bits per heavy atom. The summed E-state index contributed by atoms with van der Waals surface area (Å²) in [4.78, 5) is 0. The van der Waals surface area contributed by atoms with Gasteiger partial charge in [0.15, 0.2) is 0 Å². The zero-order valence-electron chi connectivity index (χ0n) is 8.07. The number of hydrogen-bond donors (Lipinski definition) is 1. The molecule has 0 aromatic carbocycles. The Morgan fingerprint density at radius 2 is 1.91 bits per heavy atom. The third kappa shape index (κ3) is 7.42. The molecule has 0 saturated heterocycles. The van der Waals surface area contributed by atoms with Crippen molar-refractivity contribution in [2.24, 2.45) is 17.1 Å². The Bertz CT molecular complexity index is 154. The van der Waals surface area contributed by atoms with Crippen LogP contribution in [0.1, 0.15) is 34.1 Å². The highest BCUT2D eigenvalue weighted by Crippen LogP contribution is 2.10.